The zero-order chi connectivity index (χ0) is 18.7. The van der Waals surface area contributed by atoms with Gasteiger partial charge in [-0.1, -0.05) is 0 Å². The molecular formula is C18H16N2O5S. The van der Waals surface area contributed by atoms with Crippen LogP contribution < -0.4 is 20.9 Å². The van der Waals surface area contributed by atoms with E-state index in [2.05, 4.69) is 0 Å². The standard InChI is InChI=1S/C18H16N2O5S/c19-12-1-5-14(6-2-12)24-16-9-10-18(26(21,22)23)17(11-16)25-15-7-3-13(20)4-8-15/h1-11H,19-20H2,(H,21,22,23). The van der Waals surface area contributed by atoms with Crippen LogP contribution in [0.4, 0.5) is 11.4 Å². The molecule has 0 aliphatic rings. The van der Waals surface area contributed by atoms with Crippen molar-refractivity contribution in [3.63, 3.8) is 0 Å². The lowest BCUT2D eigenvalue weighted by molar-refractivity contribution is 0.440. The first-order chi connectivity index (χ1) is 12.3. The van der Waals surface area contributed by atoms with Gasteiger partial charge in [0.15, 0.2) is 5.75 Å². The molecule has 0 radical (unpaired) electrons. The third-order valence-electron chi connectivity index (χ3n) is 3.42. The Morgan fingerprint density at radius 2 is 1.15 bits per heavy atom. The zero-order valence-corrected chi connectivity index (χ0v) is 14.3. The summed E-state index contributed by atoms with van der Waals surface area (Å²) in [6, 6.07) is 17.1. The first kappa shape index (κ1) is 17.6. The number of ether oxygens (including phenoxy) is 2. The molecule has 0 aromatic heterocycles. The van der Waals surface area contributed by atoms with Gasteiger partial charge in [0.2, 0.25) is 0 Å². The number of rotatable bonds is 5. The second kappa shape index (κ2) is 6.95. The number of benzene rings is 3. The molecule has 0 aliphatic heterocycles. The Hall–Kier alpha value is -3.23. The molecule has 5 N–H and O–H groups in total. The molecule has 3 aromatic rings. The van der Waals surface area contributed by atoms with Crippen LogP contribution in [-0.2, 0) is 10.1 Å². The largest absolute Gasteiger partial charge is 0.457 e. The highest BCUT2D eigenvalue weighted by molar-refractivity contribution is 7.86. The molecule has 0 bridgehead atoms. The number of hydrogen-bond donors (Lipinski definition) is 3. The van der Waals surface area contributed by atoms with Gasteiger partial charge in [0.05, 0.1) is 0 Å². The van der Waals surface area contributed by atoms with Gasteiger partial charge in [-0.15, -0.1) is 0 Å². The van der Waals surface area contributed by atoms with E-state index in [4.69, 9.17) is 20.9 Å². The molecule has 0 aliphatic carbocycles. The first-order valence-corrected chi connectivity index (χ1v) is 8.93. The SMILES string of the molecule is Nc1ccc(Oc2ccc(S(=O)(=O)O)c(Oc3ccc(N)cc3)c2)cc1. The van der Waals surface area contributed by atoms with Crippen molar-refractivity contribution >= 4 is 21.5 Å². The van der Waals surface area contributed by atoms with Crippen molar-refractivity contribution in [3.8, 4) is 23.0 Å². The number of nitrogen functional groups attached to an aromatic ring is 2. The maximum Gasteiger partial charge on any atom is 0.298 e. The van der Waals surface area contributed by atoms with Crippen LogP contribution in [0.5, 0.6) is 23.0 Å². The molecule has 8 heteroatoms. The van der Waals surface area contributed by atoms with Gasteiger partial charge in [0.25, 0.3) is 10.1 Å². The van der Waals surface area contributed by atoms with Crippen LogP contribution in [-0.4, -0.2) is 13.0 Å². The summed E-state index contributed by atoms with van der Waals surface area (Å²) < 4.78 is 43.9. The van der Waals surface area contributed by atoms with Crippen LogP contribution in [0.1, 0.15) is 0 Å². The molecule has 3 aromatic carbocycles. The maximum atomic E-state index is 11.6. The summed E-state index contributed by atoms with van der Waals surface area (Å²) in [6.45, 7) is 0. The van der Waals surface area contributed by atoms with E-state index >= 15 is 0 Å². The van der Waals surface area contributed by atoms with Gasteiger partial charge < -0.3 is 20.9 Å². The highest BCUT2D eigenvalue weighted by Crippen LogP contribution is 2.34. The average molecular weight is 372 g/mol. The minimum Gasteiger partial charge on any atom is -0.457 e. The third-order valence-corrected chi connectivity index (χ3v) is 4.31. The van der Waals surface area contributed by atoms with E-state index in [1.807, 2.05) is 0 Å². The van der Waals surface area contributed by atoms with Crippen LogP contribution in [0.2, 0.25) is 0 Å². The van der Waals surface area contributed by atoms with Crippen molar-refractivity contribution in [2.45, 2.75) is 4.90 Å². The Morgan fingerprint density at radius 1 is 0.692 bits per heavy atom. The maximum absolute atomic E-state index is 11.6. The van der Waals surface area contributed by atoms with Crippen molar-refractivity contribution in [2.24, 2.45) is 0 Å². The van der Waals surface area contributed by atoms with Crippen molar-refractivity contribution < 1.29 is 22.4 Å². The molecule has 7 nitrogen and oxygen atoms in total. The number of anilines is 2. The fourth-order valence-corrected chi connectivity index (χ4v) is 2.77. The predicted octanol–water partition coefficient (Wildman–Crippen LogP) is 3.68. The summed E-state index contributed by atoms with van der Waals surface area (Å²) in [5.41, 5.74) is 12.4. The van der Waals surface area contributed by atoms with Crippen molar-refractivity contribution in [2.75, 3.05) is 11.5 Å². The normalized spacial score (nSPS) is 11.1. The van der Waals surface area contributed by atoms with Gasteiger partial charge in [-0.2, -0.15) is 8.42 Å². The summed E-state index contributed by atoms with van der Waals surface area (Å²) in [5.74, 6) is 1.11. The molecule has 0 atom stereocenters. The molecular weight excluding hydrogens is 356 g/mol. The van der Waals surface area contributed by atoms with Crippen molar-refractivity contribution in [1.29, 1.82) is 0 Å². The van der Waals surface area contributed by atoms with E-state index in [1.54, 1.807) is 48.5 Å². The Labute approximate surface area is 150 Å². The molecule has 0 amide bonds. The third kappa shape index (κ3) is 4.24. The molecule has 26 heavy (non-hydrogen) atoms. The molecule has 3 rings (SSSR count). The van der Waals surface area contributed by atoms with Gasteiger partial charge in [0.1, 0.15) is 22.1 Å². The number of hydrogen-bond acceptors (Lipinski definition) is 6. The van der Waals surface area contributed by atoms with Crippen LogP contribution in [0, 0.1) is 0 Å². The fourth-order valence-electron chi connectivity index (χ4n) is 2.18. The second-order valence-corrected chi connectivity index (χ2v) is 6.82. The van der Waals surface area contributed by atoms with Gasteiger partial charge in [-0.05, 0) is 60.7 Å². The van der Waals surface area contributed by atoms with E-state index in [0.29, 0.717) is 28.6 Å². The molecule has 0 fully saturated rings. The van der Waals surface area contributed by atoms with Crippen molar-refractivity contribution in [1.82, 2.24) is 0 Å². The summed E-state index contributed by atoms with van der Waals surface area (Å²) >= 11 is 0. The Bertz CT molecular complexity index is 1020. The Kier molecular flexibility index (Phi) is 4.70. The van der Waals surface area contributed by atoms with Gasteiger partial charge in [-0.3, -0.25) is 4.55 Å². The van der Waals surface area contributed by atoms with E-state index < -0.39 is 10.1 Å². The molecule has 134 valence electrons. The van der Waals surface area contributed by atoms with Crippen molar-refractivity contribution in [3.05, 3.63) is 66.7 Å². The molecule has 0 saturated heterocycles. The van der Waals surface area contributed by atoms with E-state index in [1.165, 1.54) is 18.2 Å². The zero-order valence-electron chi connectivity index (χ0n) is 13.5. The van der Waals surface area contributed by atoms with E-state index in [-0.39, 0.29) is 10.6 Å². The monoisotopic (exact) mass is 372 g/mol. The Morgan fingerprint density at radius 3 is 1.65 bits per heavy atom. The highest BCUT2D eigenvalue weighted by Gasteiger charge is 2.18. The molecule has 0 heterocycles. The van der Waals surface area contributed by atoms with Crippen LogP contribution >= 0.6 is 0 Å². The quantitative estimate of drug-likeness (QED) is 0.461. The fraction of sp³-hybridized carbons (Fsp3) is 0. The topological polar surface area (TPSA) is 125 Å². The molecule has 0 saturated carbocycles. The van der Waals surface area contributed by atoms with Gasteiger partial charge >= 0.3 is 0 Å². The smallest absolute Gasteiger partial charge is 0.298 e. The lowest BCUT2D eigenvalue weighted by atomic mass is 10.3. The summed E-state index contributed by atoms with van der Waals surface area (Å²) in [4.78, 5) is -0.376. The summed E-state index contributed by atoms with van der Waals surface area (Å²) in [6.07, 6.45) is 0. The van der Waals surface area contributed by atoms with E-state index in [0.717, 1.165) is 0 Å². The number of nitrogens with two attached hydrogens (primary N) is 2. The highest BCUT2D eigenvalue weighted by atomic mass is 32.2. The lowest BCUT2D eigenvalue weighted by Gasteiger charge is -2.12. The molecule has 0 unspecified atom stereocenters. The predicted molar refractivity (Wildman–Crippen MR) is 98.1 cm³/mol. The summed E-state index contributed by atoms with van der Waals surface area (Å²) in [5, 5.41) is 0. The first-order valence-electron chi connectivity index (χ1n) is 7.49. The summed E-state index contributed by atoms with van der Waals surface area (Å²) in [7, 11) is -4.48. The average Bonchev–Trinajstić information content (AvgIpc) is 2.58. The molecule has 0 spiro atoms. The minimum atomic E-state index is -4.48. The van der Waals surface area contributed by atoms with Crippen LogP contribution in [0.25, 0.3) is 0 Å². The Balaban J connectivity index is 1.95. The van der Waals surface area contributed by atoms with Gasteiger partial charge in [-0.25, -0.2) is 0 Å². The lowest BCUT2D eigenvalue weighted by Crippen LogP contribution is -2.01. The minimum absolute atomic E-state index is 0.0785. The van der Waals surface area contributed by atoms with Crippen LogP contribution in [0.15, 0.2) is 71.6 Å². The van der Waals surface area contributed by atoms with Crippen LogP contribution in [0.3, 0.4) is 0 Å². The second-order valence-electron chi connectivity index (χ2n) is 5.43. The van der Waals surface area contributed by atoms with Gasteiger partial charge in [0, 0.05) is 17.4 Å². The van der Waals surface area contributed by atoms with E-state index in [9.17, 15) is 13.0 Å².